The van der Waals surface area contributed by atoms with Crippen LogP contribution >= 0.6 is 27.5 Å². The molecule has 1 fully saturated rings. The van der Waals surface area contributed by atoms with Gasteiger partial charge in [0.15, 0.2) is 0 Å². The molecule has 94 valence electrons. The van der Waals surface area contributed by atoms with Gasteiger partial charge in [-0.15, -0.1) is 11.6 Å². The van der Waals surface area contributed by atoms with Gasteiger partial charge in [0.1, 0.15) is 5.82 Å². The number of anilines is 1. The zero-order valence-corrected chi connectivity index (χ0v) is 12.4. The number of alkyl halides is 1. The molecule has 0 aliphatic heterocycles. The molecule has 0 saturated heterocycles. The minimum Gasteiger partial charge on any atom is -0.370 e. The quantitative estimate of drug-likeness (QED) is 0.841. The van der Waals surface area contributed by atoms with E-state index in [-0.39, 0.29) is 0 Å². The summed E-state index contributed by atoms with van der Waals surface area (Å²) in [7, 11) is 0. The third-order valence-corrected chi connectivity index (χ3v) is 4.82. The van der Waals surface area contributed by atoms with Gasteiger partial charge < -0.3 is 5.32 Å². The van der Waals surface area contributed by atoms with Crippen molar-refractivity contribution in [3.05, 3.63) is 22.3 Å². The molecule has 1 aromatic rings. The average molecular weight is 318 g/mol. The lowest BCUT2D eigenvalue weighted by Crippen LogP contribution is -2.19. The number of nitrogens with one attached hydrogen (secondary N) is 1. The molecule has 2 atom stereocenters. The third kappa shape index (κ3) is 3.35. The molecule has 1 aliphatic rings. The van der Waals surface area contributed by atoms with Crippen molar-refractivity contribution in [3.8, 4) is 0 Å². The lowest BCUT2D eigenvalue weighted by molar-refractivity contribution is 0.444. The van der Waals surface area contributed by atoms with Crippen LogP contribution in [0.2, 0.25) is 0 Å². The standard InChI is InChI=1S/C13H18BrClN2/c1-9-12(14)5-6-13(17-9)16-8-11-4-2-3-10(11)7-15/h5-6,10-11H,2-4,7-8H2,1H3,(H,16,17). The van der Waals surface area contributed by atoms with E-state index in [1.807, 2.05) is 19.1 Å². The van der Waals surface area contributed by atoms with Gasteiger partial charge in [0.2, 0.25) is 0 Å². The van der Waals surface area contributed by atoms with Crippen molar-refractivity contribution in [2.24, 2.45) is 11.8 Å². The van der Waals surface area contributed by atoms with E-state index in [9.17, 15) is 0 Å². The predicted octanol–water partition coefficient (Wildman–Crippen LogP) is 4.22. The molecule has 2 rings (SSSR count). The topological polar surface area (TPSA) is 24.9 Å². The summed E-state index contributed by atoms with van der Waals surface area (Å²) in [5.41, 5.74) is 1.02. The van der Waals surface area contributed by atoms with Crippen LogP contribution in [0.25, 0.3) is 0 Å². The molecule has 2 unspecified atom stereocenters. The number of aryl methyl sites for hydroxylation is 1. The maximum Gasteiger partial charge on any atom is 0.126 e. The summed E-state index contributed by atoms with van der Waals surface area (Å²) in [6.45, 7) is 3.00. The lowest BCUT2D eigenvalue weighted by Gasteiger charge is -2.18. The summed E-state index contributed by atoms with van der Waals surface area (Å²) in [5, 5.41) is 3.43. The van der Waals surface area contributed by atoms with E-state index in [2.05, 4.69) is 26.2 Å². The Kier molecular flexibility index (Phi) is 4.69. The first-order valence-corrected chi connectivity index (χ1v) is 7.46. The van der Waals surface area contributed by atoms with Gasteiger partial charge in [0.25, 0.3) is 0 Å². The number of hydrogen-bond acceptors (Lipinski definition) is 2. The van der Waals surface area contributed by atoms with Gasteiger partial charge in [-0.1, -0.05) is 6.42 Å². The highest BCUT2D eigenvalue weighted by Crippen LogP contribution is 2.32. The van der Waals surface area contributed by atoms with Gasteiger partial charge in [0, 0.05) is 16.9 Å². The molecule has 0 amide bonds. The molecule has 0 bridgehead atoms. The highest BCUT2D eigenvalue weighted by Gasteiger charge is 2.26. The normalized spacial score (nSPS) is 23.9. The van der Waals surface area contributed by atoms with Crippen molar-refractivity contribution < 1.29 is 0 Å². The molecule has 1 heterocycles. The average Bonchev–Trinajstić information content (AvgIpc) is 2.78. The van der Waals surface area contributed by atoms with E-state index in [0.29, 0.717) is 11.8 Å². The number of aromatic nitrogens is 1. The number of pyridine rings is 1. The molecule has 1 saturated carbocycles. The second-order valence-electron chi connectivity index (χ2n) is 4.75. The van der Waals surface area contributed by atoms with Crippen LogP contribution in [0.15, 0.2) is 16.6 Å². The van der Waals surface area contributed by atoms with Gasteiger partial charge in [0.05, 0.1) is 5.69 Å². The number of halogens is 2. The van der Waals surface area contributed by atoms with Crippen LogP contribution in [0, 0.1) is 18.8 Å². The predicted molar refractivity (Wildman–Crippen MR) is 76.7 cm³/mol. The fourth-order valence-electron chi connectivity index (χ4n) is 2.46. The molecule has 1 N–H and O–H groups in total. The van der Waals surface area contributed by atoms with Crippen molar-refractivity contribution in [2.75, 3.05) is 17.7 Å². The van der Waals surface area contributed by atoms with Gasteiger partial charge in [-0.3, -0.25) is 0 Å². The lowest BCUT2D eigenvalue weighted by atomic mass is 9.98. The molecule has 0 aromatic carbocycles. The van der Waals surface area contributed by atoms with Gasteiger partial charge in [-0.05, 0) is 59.7 Å². The Bertz CT molecular complexity index is 384. The molecule has 1 aromatic heterocycles. The molecular weight excluding hydrogens is 300 g/mol. The molecular formula is C13H18BrClN2. The van der Waals surface area contributed by atoms with Crippen molar-refractivity contribution in [1.29, 1.82) is 0 Å². The fraction of sp³-hybridized carbons (Fsp3) is 0.615. The zero-order valence-electron chi connectivity index (χ0n) is 10.0. The van der Waals surface area contributed by atoms with Gasteiger partial charge >= 0.3 is 0 Å². The number of hydrogen-bond donors (Lipinski definition) is 1. The zero-order chi connectivity index (χ0) is 12.3. The molecule has 1 aliphatic carbocycles. The summed E-state index contributed by atoms with van der Waals surface area (Å²) in [6, 6.07) is 4.06. The first kappa shape index (κ1) is 13.2. The van der Waals surface area contributed by atoms with E-state index < -0.39 is 0 Å². The largest absolute Gasteiger partial charge is 0.370 e. The minimum absolute atomic E-state index is 0.681. The van der Waals surface area contributed by atoms with E-state index in [1.165, 1.54) is 19.3 Å². The molecule has 17 heavy (non-hydrogen) atoms. The van der Waals surface area contributed by atoms with Crippen LogP contribution in [-0.2, 0) is 0 Å². The Morgan fingerprint density at radius 2 is 2.18 bits per heavy atom. The maximum atomic E-state index is 5.98. The van der Waals surface area contributed by atoms with E-state index in [0.717, 1.165) is 28.4 Å². The maximum absolute atomic E-state index is 5.98. The highest BCUT2D eigenvalue weighted by molar-refractivity contribution is 9.10. The van der Waals surface area contributed by atoms with Crippen molar-refractivity contribution >= 4 is 33.3 Å². The Morgan fingerprint density at radius 3 is 2.88 bits per heavy atom. The first-order valence-electron chi connectivity index (χ1n) is 6.13. The Hall–Kier alpha value is -0.280. The Balaban J connectivity index is 1.91. The molecule has 2 nitrogen and oxygen atoms in total. The number of rotatable bonds is 4. The van der Waals surface area contributed by atoms with Crippen molar-refractivity contribution in [3.63, 3.8) is 0 Å². The van der Waals surface area contributed by atoms with Gasteiger partial charge in [-0.2, -0.15) is 0 Å². The third-order valence-electron chi connectivity index (χ3n) is 3.58. The van der Waals surface area contributed by atoms with Crippen molar-refractivity contribution in [2.45, 2.75) is 26.2 Å². The summed E-state index contributed by atoms with van der Waals surface area (Å²) < 4.78 is 1.06. The second-order valence-corrected chi connectivity index (χ2v) is 5.91. The SMILES string of the molecule is Cc1nc(NCC2CCCC2CCl)ccc1Br. The summed E-state index contributed by atoms with van der Waals surface area (Å²) >= 11 is 9.44. The van der Waals surface area contributed by atoms with E-state index in [4.69, 9.17) is 11.6 Å². The monoisotopic (exact) mass is 316 g/mol. The fourth-order valence-corrected chi connectivity index (χ4v) is 3.09. The van der Waals surface area contributed by atoms with Gasteiger partial charge in [-0.25, -0.2) is 4.98 Å². The summed E-state index contributed by atoms with van der Waals surface area (Å²) in [6.07, 6.45) is 3.89. The highest BCUT2D eigenvalue weighted by atomic mass is 79.9. The van der Waals surface area contributed by atoms with Crippen LogP contribution in [0.1, 0.15) is 25.0 Å². The molecule has 0 spiro atoms. The van der Waals surface area contributed by atoms with E-state index in [1.54, 1.807) is 0 Å². The summed E-state index contributed by atoms with van der Waals surface area (Å²) in [4.78, 5) is 4.49. The van der Waals surface area contributed by atoms with Crippen LogP contribution in [0.5, 0.6) is 0 Å². The first-order chi connectivity index (χ1) is 8.20. The second kappa shape index (κ2) is 6.05. The number of nitrogens with zero attached hydrogens (tertiary/aromatic N) is 1. The molecule has 0 radical (unpaired) electrons. The summed E-state index contributed by atoms with van der Waals surface area (Å²) in [5.74, 6) is 3.14. The molecule has 4 heteroatoms. The smallest absolute Gasteiger partial charge is 0.126 e. The van der Waals surface area contributed by atoms with Crippen LogP contribution in [-0.4, -0.2) is 17.4 Å². The van der Waals surface area contributed by atoms with Crippen LogP contribution in [0.3, 0.4) is 0 Å². The van der Waals surface area contributed by atoms with Crippen LogP contribution in [0.4, 0.5) is 5.82 Å². The van der Waals surface area contributed by atoms with Crippen molar-refractivity contribution in [1.82, 2.24) is 4.98 Å². The Morgan fingerprint density at radius 1 is 1.41 bits per heavy atom. The van der Waals surface area contributed by atoms with E-state index >= 15 is 0 Å². The Labute approximate surface area is 116 Å². The minimum atomic E-state index is 0.681. The van der Waals surface area contributed by atoms with Crippen LogP contribution < -0.4 is 5.32 Å².